The van der Waals surface area contributed by atoms with Gasteiger partial charge >= 0.3 is 6.09 Å². The zero-order chi connectivity index (χ0) is 20.9. The number of nitrogens with zero attached hydrogens (tertiary/aromatic N) is 4. The molecule has 1 aliphatic carbocycles. The minimum Gasteiger partial charge on any atom is -0.465 e. The number of rotatable bonds is 4. The molecule has 1 saturated carbocycles. The number of pyridine rings is 1. The molecule has 3 heterocycles. The third-order valence-corrected chi connectivity index (χ3v) is 5.04. The van der Waals surface area contributed by atoms with Gasteiger partial charge in [-0.1, -0.05) is 49.6 Å². The first-order valence-electron chi connectivity index (χ1n) is 10.4. The molecule has 0 radical (unpaired) electrons. The SMILES string of the molecule is C1CC1.O=C(O)Nc1nc2cccc(-c3ccc(CN4CCCC(F)C4)cc3)n2n1. The van der Waals surface area contributed by atoms with Gasteiger partial charge in [-0.05, 0) is 37.1 Å². The lowest BCUT2D eigenvalue weighted by Gasteiger charge is -2.28. The number of carboxylic acid groups (broad SMARTS) is 1. The van der Waals surface area contributed by atoms with E-state index in [-0.39, 0.29) is 5.95 Å². The Hall–Kier alpha value is -3.00. The minimum absolute atomic E-state index is 0.0393. The van der Waals surface area contributed by atoms with Crippen LogP contribution in [0, 0.1) is 0 Å². The Balaban J connectivity index is 0.000000667. The van der Waals surface area contributed by atoms with E-state index < -0.39 is 12.3 Å². The Labute approximate surface area is 174 Å². The molecule has 2 N–H and O–H groups in total. The Bertz CT molecular complexity index is 1000. The fourth-order valence-electron chi connectivity index (χ4n) is 3.45. The number of nitrogens with one attached hydrogen (secondary N) is 1. The number of anilines is 1. The summed E-state index contributed by atoms with van der Waals surface area (Å²) in [5.74, 6) is 0.0393. The van der Waals surface area contributed by atoms with E-state index in [1.165, 1.54) is 19.3 Å². The summed E-state index contributed by atoms with van der Waals surface area (Å²) < 4.78 is 15.2. The summed E-state index contributed by atoms with van der Waals surface area (Å²) in [7, 11) is 0. The highest BCUT2D eigenvalue weighted by Crippen LogP contribution is 2.23. The van der Waals surface area contributed by atoms with Crippen LogP contribution in [0.1, 0.15) is 37.7 Å². The highest BCUT2D eigenvalue weighted by atomic mass is 19.1. The van der Waals surface area contributed by atoms with Crippen LogP contribution in [0.5, 0.6) is 0 Å². The van der Waals surface area contributed by atoms with Gasteiger partial charge < -0.3 is 5.11 Å². The first kappa shape index (κ1) is 20.3. The lowest BCUT2D eigenvalue weighted by molar-refractivity contribution is 0.133. The van der Waals surface area contributed by atoms with E-state index >= 15 is 0 Å². The molecule has 0 bridgehead atoms. The molecule has 7 nitrogen and oxygen atoms in total. The van der Waals surface area contributed by atoms with Crippen molar-refractivity contribution >= 4 is 17.7 Å². The van der Waals surface area contributed by atoms with Crippen molar-refractivity contribution in [2.45, 2.75) is 44.8 Å². The number of hydrogen-bond donors (Lipinski definition) is 2. The van der Waals surface area contributed by atoms with Crippen LogP contribution < -0.4 is 5.32 Å². The van der Waals surface area contributed by atoms with E-state index in [0.29, 0.717) is 18.6 Å². The Morgan fingerprint density at radius 3 is 2.57 bits per heavy atom. The first-order chi connectivity index (χ1) is 14.6. The van der Waals surface area contributed by atoms with Crippen molar-refractivity contribution in [3.8, 4) is 11.3 Å². The zero-order valence-corrected chi connectivity index (χ0v) is 16.8. The lowest BCUT2D eigenvalue weighted by atomic mass is 10.1. The largest absolute Gasteiger partial charge is 0.465 e. The first-order valence-corrected chi connectivity index (χ1v) is 10.4. The summed E-state index contributed by atoms with van der Waals surface area (Å²) in [5.41, 5.74) is 3.44. The molecule has 1 unspecified atom stereocenters. The molecule has 8 heteroatoms. The van der Waals surface area contributed by atoms with Crippen molar-refractivity contribution in [3.05, 3.63) is 48.0 Å². The number of piperidine rings is 1. The van der Waals surface area contributed by atoms with Gasteiger partial charge in [-0.3, -0.25) is 10.2 Å². The van der Waals surface area contributed by atoms with E-state index in [9.17, 15) is 9.18 Å². The normalized spacial score (nSPS) is 18.5. The molecule has 1 saturated heterocycles. The molecular weight excluding hydrogens is 385 g/mol. The molecule has 1 aliphatic heterocycles. The third kappa shape index (κ3) is 5.33. The van der Waals surface area contributed by atoms with Crippen LogP contribution in [0.4, 0.5) is 15.1 Å². The summed E-state index contributed by atoms with van der Waals surface area (Å²) in [6, 6.07) is 13.6. The second-order valence-corrected chi connectivity index (χ2v) is 7.78. The minimum atomic E-state index is -1.20. The van der Waals surface area contributed by atoms with Gasteiger partial charge in [0.25, 0.3) is 5.95 Å². The standard InChI is InChI=1S/C19H20FN5O2.C3H6/c20-15-3-2-10-24(12-15)11-13-6-8-14(9-7-13)16-4-1-5-17-21-18(22-19(26)27)23-25(16)17;1-2-3-1/h1,4-9,15H,2-3,10-12H2,(H,22,23)(H,26,27);1-3H2. The molecule has 0 spiro atoms. The number of benzene rings is 1. The monoisotopic (exact) mass is 411 g/mol. The van der Waals surface area contributed by atoms with Gasteiger partial charge in [0.05, 0.1) is 5.69 Å². The molecule has 5 rings (SSSR count). The van der Waals surface area contributed by atoms with Crippen molar-refractivity contribution in [1.82, 2.24) is 19.5 Å². The van der Waals surface area contributed by atoms with Gasteiger partial charge in [0.15, 0.2) is 5.65 Å². The molecule has 158 valence electrons. The predicted molar refractivity (Wildman–Crippen MR) is 113 cm³/mol. The molecule has 2 aliphatic rings. The smallest absolute Gasteiger partial charge is 0.411 e. The maximum Gasteiger partial charge on any atom is 0.411 e. The van der Waals surface area contributed by atoms with E-state index in [2.05, 4.69) is 20.3 Å². The van der Waals surface area contributed by atoms with Crippen LogP contribution in [-0.2, 0) is 6.54 Å². The topological polar surface area (TPSA) is 82.8 Å². The van der Waals surface area contributed by atoms with Crippen LogP contribution >= 0.6 is 0 Å². The van der Waals surface area contributed by atoms with Crippen LogP contribution in [0.2, 0.25) is 0 Å². The summed E-state index contributed by atoms with van der Waals surface area (Å²) in [4.78, 5) is 17.1. The molecule has 3 aromatic rings. The van der Waals surface area contributed by atoms with Crippen LogP contribution in [0.15, 0.2) is 42.5 Å². The van der Waals surface area contributed by atoms with Crippen molar-refractivity contribution in [3.63, 3.8) is 0 Å². The highest BCUT2D eigenvalue weighted by Gasteiger charge is 2.19. The maximum absolute atomic E-state index is 13.6. The number of likely N-dealkylation sites (tertiary alicyclic amines) is 1. The van der Waals surface area contributed by atoms with Crippen LogP contribution in [0.3, 0.4) is 0 Å². The van der Waals surface area contributed by atoms with Gasteiger partial charge in [-0.15, -0.1) is 5.10 Å². The molecule has 1 amide bonds. The van der Waals surface area contributed by atoms with Crippen molar-refractivity contribution in [2.24, 2.45) is 0 Å². The molecule has 30 heavy (non-hydrogen) atoms. The van der Waals surface area contributed by atoms with Crippen LogP contribution in [-0.4, -0.2) is 50.0 Å². The number of halogens is 1. The van der Waals surface area contributed by atoms with Gasteiger partial charge in [0.2, 0.25) is 0 Å². The molecular formula is C22H26FN5O2. The summed E-state index contributed by atoms with van der Waals surface area (Å²) in [5, 5.41) is 15.2. The fraction of sp³-hybridized carbons (Fsp3) is 0.409. The van der Waals surface area contributed by atoms with E-state index in [1.54, 1.807) is 10.6 Å². The second kappa shape index (κ2) is 9.21. The summed E-state index contributed by atoms with van der Waals surface area (Å²) in [6.07, 6.45) is 4.14. The van der Waals surface area contributed by atoms with Crippen molar-refractivity contribution in [2.75, 3.05) is 18.4 Å². The van der Waals surface area contributed by atoms with Crippen LogP contribution in [0.25, 0.3) is 16.9 Å². The van der Waals surface area contributed by atoms with Gasteiger partial charge in [0.1, 0.15) is 6.17 Å². The molecule has 1 aromatic carbocycles. The third-order valence-electron chi connectivity index (χ3n) is 5.04. The quantitative estimate of drug-likeness (QED) is 0.656. The van der Waals surface area contributed by atoms with E-state index in [0.717, 1.165) is 36.3 Å². The highest BCUT2D eigenvalue weighted by molar-refractivity contribution is 5.80. The van der Waals surface area contributed by atoms with Gasteiger partial charge in [-0.25, -0.2) is 13.7 Å². The Morgan fingerprint density at radius 2 is 1.90 bits per heavy atom. The van der Waals surface area contributed by atoms with E-state index in [4.69, 9.17) is 5.11 Å². The Kier molecular flexibility index (Phi) is 6.23. The number of alkyl halides is 1. The average molecular weight is 411 g/mol. The second-order valence-electron chi connectivity index (χ2n) is 7.78. The summed E-state index contributed by atoms with van der Waals surface area (Å²) in [6.45, 7) is 2.17. The Morgan fingerprint density at radius 1 is 1.13 bits per heavy atom. The number of hydrogen-bond acceptors (Lipinski definition) is 4. The average Bonchev–Trinajstić information content (AvgIpc) is 3.54. The predicted octanol–water partition coefficient (Wildman–Crippen LogP) is 4.59. The molecule has 1 atom stereocenters. The summed E-state index contributed by atoms with van der Waals surface area (Å²) >= 11 is 0. The van der Waals surface area contributed by atoms with Gasteiger partial charge in [0, 0.05) is 18.7 Å². The van der Waals surface area contributed by atoms with Gasteiger partial charge in [-0.2, -0.15) is 4.98 Å². The maximum atomic E-state index is 13.6. The number of fused-ring (bicyclic) bond motifs is 1. The lowest BCUT2D eigenvalue weighted by Crippen LogP contribution is -2.35. The fourth-order valence-corrected chi connectivity index (χ4v) is 3.45. The number of aromatic nitrogens is 3. The molecule has 2 aromatic heterocycles. The molecule has 2 fully saturated rings. The van der Waals surface area contributed by atoms with Crippen molar-refractivity contribution in [1.29, 1.82) is 0 Å². The number of carbonyl (C=O) groups is 1. The zero-order valence-electron chi connectivity index (χ0n) is 16.8. The van der Waals surface area contributed by atoms with Crippen molar-refractivity contribution < 1.29 is 14.3 Å². The number of amides is 1. The van der Waals surface area contributed by atoms with E-state index in [1.807, 2.05) is 36.4 Å².